The molecule has 2 heterocycles. The normalized spacial score (nSPS) is 38.4. The Morgan fingerprint density at radius 2 is 1.89 bits per heavy atom. The summed E-state index contributed by atoms with van der Waals surface area (Å²) in [5, 5.41) is 11.6. The van der Waals surface area contributed by atoms with Gasteiger partial charge in [0.2, 0.25) is 6.10 Å². The van der Waals surface area contributed by atoms with Crippen molar-refractivity contribution >= 4 is 23.7 Å². The van der Waals surface area contributed by atoms with Crippen LogP contribution < -0.4 is 0 Å². The summed E-state index contributed by atoms with van der Waals surface area (Å²) >= 11 is 0. The van der Waals surface area contributed by atoms with Crippen molar-refractivity contribution in [3.05, 3.63) is 35.3 Å². The Balaban J connectivity index is 1.70. The molecule has 0 spiro atoms. The predicted octanol–water partition coefficient (Wildman–Crippen LogP) is 3.70. The van der Waals surface area contributed by atoms with Crippen molar-refractivity contribution in [2.24, 2.45) is 34.0 Å². The highest BCUT2D eigenvalue weighted by Crippen LogP contribution is 2.67. The Hall–Kier alpha value is -2.94. The van der Waals surface area contributed by atoms with Crippen LogP contribution in [0.3, 0.4) is 0 Å². The minimum atomic E-state index is -1.37. The smallest absolute Gasteiger partial charge is 0.347 e. The van der Waals surface area contributed by atoms with E-state index in [1.807, 2.05) is 20.8 Å². The van der Waals surface area contributed by atoms with Gasteiger partial charge < -0.3 is 23.7 Å². The van der Waals surface area contributed by atoms with E-state index in [-0.39, 0.29) is 24.1 Å². The Labute approximate surface area is 221 Å². The molecule has 2 bridgehead atoms. The monoisotopic (exact) mass is 528 g/mol. The topological polar surface area (TPSA) is 129 Å². The second-order valence-corrected chi connectivity index (χ2v) is 12.4. The first-order valence-corrected chi connectivity index (χ1v) is 13.2. The van der Waals surface area contributed by atoms with Gasteiger partial charge in [0.15, 0.2) is 0 Å². The fraction of sp³-hybridized carbons (Fsp3) is 0.655. The van der Waals surface area contributed by atoms with Crippen LogP contribution in [0.2, 0.25) is 0 Å². The first-order valence-electron chi connectivity index (χ1n) is 13.2. The molecule has 0 amide bonds. The summed E-state index contributed by atoms with van der Waals surface area (Å²) in [6.07, 6.45) is 1.82. The first kappa shape index (κ1) is 26.7. The summed E-state index contributed by atoms with van der Waals surface area (Å²) in [4.78, 5) is 52.2. The number of carbonyl (C=O) groups is 4. The number of esters is 3. The molecule has 4 aliphatic rings. The van der Waals surface area contributed by atoms with Gasteiger partial charge in [0.25, 0.3) is 0 Å². The molecule has 3 aliphatic carbocycles. The number of aliphatic hydroxyl groups is 1. The number of furan rings is 1. The highest BCUT2D eigenvalue weighted by atomic mass is 16.6. The van der Waals surface area contributed by atoms with Gasteiger partial charge in [-0.2, -0.15) is 0 Å². The molecule has 1 aromatic rings. The number of hydrogen-bond acceptors (Lipinski definition) is 9. The third kappa shape index (κ3) is 3.53. The number of ketones is 1. The van der Waals surface area contributed by atoms with E-state index in [1.54, 1.807) is 18.6 Å². The summed E-state index contributed by atoms with van der Waals surface area (Å²) in [6, 6.07) is 1.80. The minimum absolute atomic E-state index is 0.0994. The molecule has 9 nitrogen and oxygen atoms in total. The van der Waals surface area contributed by atoms with E-state index in [9.17, 15) is 24.3 Å². The number of ether oxygens (including phenoxy) is 3. The number of hydrogen-bond donors (Lipinski definition) is 1. The third-order valence-corrected chi connectivity index (χ3v) is 10.1. The fourth-order valence-electron chi connectivity index (χ4n) is 8.44. The summed E-state index contributed by atoms with van der Waals surface area (Å²) in [7, 11) is 1.21. The number of cyclic esters (lactones) is 1. The van der Waals surface area contributed by atoms with E-state index in [0.717, 1.165) is 16.7 Å². The zero-order valence-electron chi connectivity index (χ0n) is 22.7. The number of methoxy groups -OCH3 is 1. The second-order valence-electron chi connectivity index (χ2n) is 12.4. The number of aliphatic hydroxyl groups excluding tert-OH is 1. The van der Waals surface area contributed by atoms with Crippen molar-refractivity contribution < 1.29 is 42.9 Å². The summed E-state index contributed by atoms with van der Waals surface area (Å²) < 4.78 is 21.7. The molecule has 38 heavy (non-hydrogen) atoms. The Kier molecular flexibility index (Phi) is 6.17. The highest BCUT2D eigenvalue weighted by Gasteiger charge is 2.70. The van der Waals surface area contributed by atoms with Gasteiger partial charge in [-0.1, -0.05) is 33.3 Å². The van der Waals surface area contributed by atoms with Crippen molar-refractivity contribution in [1.82, 2.24) is 0 Å². The molecule has 9 heteroatoms. The standard InChI is InChI=1S/C29H36O9/c1-14(30)37-21(26(34)35-6)22-27(2,3)23(32)17-11-16-18(29(22,5)24(17)33)7-9-28(4)19(16)12-20(31)38-25(28)15-8-10-36-13-15/h8,10,13,17-18,21-23,25,32H,7,9,11-12H2,1-6H3. The van der Waals surface area contributed by atoms with E-state index in [4.69, 9.17) is 18.6 Å². The molecule has 206 valence electrons. The zero-order valence-corrected chi connectivity index (χ0v) is 22.7. The van der Waals surface area contributed by atoms with Crippen LogP contribution in [0.4, 0.5) is 0 Å². The maximum absolute atomic E-state index is 14.2. The first-order chi connectivity index (χ1) is 17.8. The van der Waals surface area contributed by atoms with Gasteiger partial charge >= 0.3 is 17.9 Å². The van der Waals surface area contributed by atoms with Crippen LogP contribution in [0.1, 0.15) is 72.0 Å². The molecule has 1 N–H and O–H groups in total. The Bertz CT molecular complexity index is 1210. The lowest BCUT2D eigenvalue weighted by molar-refractivity contribution is -0.210. The lowest BCUT2D eigenvalue weighted by Gasteiger charge is -2.63. The van der Waals surface area contributed by atoms with Crippen LogP contribution in [0.15, 0.2) is 34.2 Å². The molecule has 1 aliphatic heterocycles. The molecule has 0 radical (unpaired) electrons. The Morgan fingerprint density at radius 3 is 2.50 bits per heavy atom. The lowest BCUT2D eigenvalue weighted by atomic mass is 9.40. The largest absolute Gasteiger partial charge is 0.472 e. The van der Waals surface area contributed by atoms with Gasteiger partial charge in [-0.15, -0.1) is 0 Å². The van der Waals surface area contributed by atoms with Crippen molar-refractivity contribution in [3.8, 4) is 0 Å². The van der Waals surface area contributed by atoms with Crippen LogP contribution in [0, 0.1) is 34.0 Å². The van der Waals surface area contributed by atoms with Gasteiger partial charge in [-0.3, -0.25) is 14.4 Å². The van der Waals surface area contributed by atoms with E-state index in [0.29, 0.717) is 19.3 Å². The quantitative estimate of drug-likeness (QED) is 0.353. The highest BCUT2D eigenvalue weighted by molar-refractivity contribution is 5.93. The van der Waals surface area contributed by atoms with Crippen molar-refractivity contribution in [3.63, 3.8) is 0 Å². The molecule has 0 aromatic carbocycles. The molecule has 3 fully saturated rings. The SMILES string of the molecule is COC(=O)C(OC(C)=O)C1C(C)(C)C(O)C2CC3=C4CC(=O)OC(c5ccoc5)C4(C)CCC3C1(C)C2=O. The lowest BCUT2D eigenvalue weighted by Crippen LogP contribution is -2.69. The summed E-state index contributed by atoms with van der Waals surface area (Å²) in [5.74, 6) is -3.80. The fourth-order valence-corrected chi connectivity index (χ4v) is 8.44. The van der Waals surface area contributed by atoms with Crippen molar-refractivity contribution in [2.75, 3.05) is 7.11 Å². The minimum Gasteiger partial charge on any atom is -0.472 e. The maximum atomic E-state index is 14.2. The van der Waals surface area contributed by atoms with Gasteiger partial charge in [0.1, 0.15) is 11.9 Å². The zero-order chi connectivity index (χ0) is 27.8. The number of rotatable bonds is 4. The number of carbonyl (C=O) groups excluding carboxylic acids is 4. The van der Waals surface area contributed by atoms with Crippen LogP contribution in [0.5, 0.6) is 0 Å². The van der Waals surface area contributed by atoms with Crippen LogP contribution in [0.25, 0.3) is 0 Å². The molecule has 1 saturated heterocycles. The van der Waals surface area contributed by atoms with Crippen LogP contribution >= 0.6 is 0 Å². The number of allylic oxidation sites excluding steroid dienone is 1. The number of Topliss-reactive ketones (excluding diaryl/α,β-unsaturated/α-hetero) is 1. The van der Waals surface area contributed by atoms with Crippen molar-refractivity contribution in [2.45, 2.75) is 78.6 Å². The van der Waals surface area contributed by atoms with E-state index in [1.165, 1.54) is 14.0 Å². The third-order valence-electron chi connectivity index (χ3n) is 10.1. The average molecular weight is 529 g/mol. The van der Waals surface area contributed by atoms with Gasteiger partial charge in [-0.05, 0) is 42.2 Å². The number of fused-ring (bicyclic) bond motifs is 5. The molecular weight excluding hydrogens is 492 g/mol. The molecular formula is C29H36O9. The van der Waals surface area contributed by atoms with Crippen LogP contribution in [-0.2, 0) is 33.4 Å². The van der Waals surface area contributed by atoms with Crippen LogP contribution in [-0.4, -0.2) is 48.1 Å². The van der Waals surface area contributed by atoms with E-state index < -0.39 is 58.3 Å². The van der Waals surface area contributed by atoms with Gasteiger partial charge in [0, 0.05) is 35.2 Å². The molecule has 8 unspecified atom stereocenters. The average Bonchev–Trinajstić information content (AvgIpc) is 3.38. The van der Waals surface area contributed by atoms with E-state index in [2.05, 4.69) is 6.92 Å². The second kappa shape index (κ2) is 8.79. The Morgan fingerprint density at radius 1 is 1.18 bits per heavy atom. The summed E-state index contributed by atoms with van der Waals surface area (Å²) in [6.45, 7) is 8.76. The van der Waals surface area contributed by atoms with E-state index >= 15 is 0 Å². The molecule has 8 atom stereocenters. The molecule has 1 aromatic heterocycles. The summed E-state index contributed by atoms with van der Waals surface area (Å²) in [5.41, 5.74) is 0.0756. The van der Waals surface area contributed by atoms with Crippen molar-refractivity contribution in [1.29, 1.82) is 0 Å². The van der Waals surface area contributed by atoms with Gasteiger partial charge in [0.05, 0.1) is 32.2 Å². The van der Waals surface area contributed by atoms with Gasteiger partial charge in [-0.25, -0.2) is 4.79 Å². The predicted molar refractivity (Wildman–Crippen MR) is 132 cm³/mol. The maximum Gasteiger partial charge on any atom is 0.347 e. The molecule has 2 saturated carbocycles. The molecule has 5 rings (SSSR count).